The molecule has 0 aromatic heterocycles. The molecule has 150 valence electrons. The summed E-state index contributed by atoms with van der Waals surface area (Å²) in [7, 11) is -2.28. The number of benzene rings is 2. The van der Waals surface area contributed by atoms with E-state index in [1.807, 2.05) is 26.0 Å². The summed E-state index contributed by atoms with van der Waals surface area (Å²) in [5.74, 6) is -0.514. The normalized spacial score (nSPS) is 12.1. The fourth-order valence-corrected chi connectivity index (χ4v) is 3.02. The van der Waals surface area contributed by atoms with Crippen LogP contribution < -0.4 is 20.3 Å². The van der Waals surface area contributed by atoms with E-state index in [-0.39, 0.29) is 10.5 Å². The van der Waals surface area contributed by atoms with Gasteiger partial charge in [0.1, 0.15) is 5.75 Å². The molecular weight excluding hydrogens is 382 g/mol. The summed E-state index contributed by atoms with van der Waals surface area (Å²) >= 11 is 0. The molecule has 0 heterocycles. The Kier molecular flexibility index (Phi) is 6.76. The van der Waals surface area contributed by atoms with E-state index in [1.165, 1.54) is 31.3 Å². The first-order valence-electron chi connectivity index (χ1n) is 8.52. The molecule has 1 unspecified atom stereocenters. The van der Waals surface area contributed by atoms with E-state index < -0.39 is 27.9 Å². The second-order valence-electron chi connectivity index (χ2n) is 6.13. The molecule has 3 N–H and O–H groups in total. The number of sulfonamides is 1. The first kappa shape index (κ1) is 21.4. The van der Waals surface area contributed by atoms with Crippen LogP contribution in [-0.4, -0.2) is 33.4 Å². The molecule has 0 saturated carbocycles. The van der Waals surface area contributed by atoms with Crippen molar-refractivity contribution >= 4 is 21.8 Å². The highest BCUT2D eigenvalue weighted by Crippen LogP contribution is 2.21. The van der Waals surface area contributed by atoms with Crippen molar-refractivity contribution in [2.75, 3.05) is 7.05 Å². The average molecular weight is 405 g/mol. The minimum Gasteiger partial charge on any atom is -0.481 e. The third kappa shape index (κ3) is 5.08. The average Bonchev–Trinajstić information content (AvgIpc) is 2.69. The molecule has 1 atom stereocenters. The Bertz CT molecular complexity index is 972. The third-order valence-corrected chi connectivity index (χ3v) is 5.65. The van der Waals surface area contributed by atoms with E-state index >= 15 is 0 Å². The van der Waals surface area contributed by atoms with E-state index in [4.69, 9.17) is 4.74 Å². The molecule has 9 heteroatoms. The van der Waals surface area contributed by atoms with Crippen molar-refractivity contribution < 1.29 is 22.7 Å². The Balaban J connectivity index is 1.94. The smallest absolute Gasteiger partial charge is 0.279 e. The Morgan fingerprint density at radius 1 is 1.00 bits per heavy atom. The summed E-state index contributed by atoms with van der Waals surface area (Å²) in [6.45, 7) is 5.41. The summed E-state index contributed by atoms with van der Waals surface area (Å²) in [6, 6.07) is 10.8. The minimum atomic E-state index is -3.58. The number of hydrogen-bond donors (Lipinski definition) is 3. The maximum atomic E-state index is 12.2. The fourth-order valence-electron chi connectivity index (χ4n) is 2.29. The molecule has 0 fully saturated rings. The second-order valence-corrected chi connectivity index (χ2v) is 8.02. The molecule has 2 aromatic carbocycles. The maximum Gasteiger partial charge on any atom is 0.279 e. The van der Waals surface area contributed by atoms with Crippen LogP contribution in [0.4, 0.5) is 0 Å². The summed E-state index contributed by atoms with van der Waals surface area (Å²) in [4.78, 5) is 24.3. The Morgan fingerprint density at radius 2 is 1.64 bits per heavy atom. The van der Waals surface area contributed by atoms with E-state index in [2.05, 4.69) is 15.6 Å². The summed E-state index contributed by atoms with van der Waals surface area (Å²) < 4.78 is 31.2. The van der Waals surface area contributed by atoms with Gasteiger partial charge >= 0.3 is 0 Å². The number of rotatable bonds is 6. The number of amides is 2. The van der Waals surface area contributed by atoms with Crippen molar-refractivity contribution in [2.24, 2.45) is 0 Å². The first-order chi connectivity index (χ1) is 13.2. The van der Waals surface area contributed by atoms with Gasteiger partial charge in [0, 0.05) is 5.56 Å². The number of carbonyl (C=O) groups excluding carboxylic acids is 2. The van der Waals surface area contributed by atoms with Crippen LogP contribution in [0.3, 0.4) is 0 Å². The van der Waals surface area contributed by atoms with Gasteiger partial charge in [-0.1, -0.05) is 12.1 Å². The van der Waals surface area contributed by atoms with Crippen molar-refractivity contribution in [1.29, 1.82) is 0 Å². The van der Waals surface area contributed by atoms with Crippen LogP contribution in [0.15, 0.2) is 47.4 Å². The molecule has 2 aromatic rings. The lowest BCUT2D eigenvalue weighted by atomic mass is 10.1. The number of ether oxygens (including phenoxy) is 1. The van der Waals surface area contributed by atoms with Gasteiger partial charge in [0.2, 0.25) is 10.0 Å². The van der Waals surface area contributed by atoms with E-state index in [9.17, 15) is 18.0 Å². The van der Waals surface area contributed by atoms with Crippen LogP contribution in [0.5, 0.6) is 5.75 Å². The molecule has 2 rings (SSSR count). The van der Waals surface area contributed by atoms with Gasteiger partial charge in [0.05, 0.1) is 4.90 Å². The van der Waals surface area contributed by atoms with Gasteiger partial charge in [-0.15, -0.1) is 0 Å². The molecule has 8 nitrogen and oxygen atoms in total. The van der Waals surface area contributed by atoms with Crippen LogP contribution in [0, 0.1) is 13.8 Å². The summed E-state index contributed by atoms with van der Waals surface area (Å²) in [6.07, 6.45) is -0.830. The molecule has 0 aliphatic rings. The molecule has 0 aliphatic carbocycles. The van der Waals surface area contributed by atoms with Crippen molar-refractivity contribution in [3.8, 4) is 5.75 Å². The van der Waals surface area contributed by atoms with Gasteiger partial charge in [-0.2, -0.15) is 0 Å². The van der Waals surface area contributed by atoms with E-state index in [0.29, 0.717) is 5.75 Å². The zero-order valence-corrected chi connectivity index (χ0v) is 16.9. The maximum absolute atomic E-state index is 12.2. The molecule has 0 spiro atoms. The second kappa shape index (κ2) is 8.85. The predicted octanol–water partition coefficient (Wildman–Crippen LogP) is 1.44. The van der Waals surface area contributed by atoms with Crippen molar-refractivity contribution in [1.82, 2.24) is 15.6 Å². The van der Waals surface area contributed by atoms with Crippen molar-refractivity contribution in [3.05, 3.63) is 59.2 Å². The van der Waals surface area contributed by atoms with Gasteiger partial charge in [-0.25, -0.2) is 13.1 Å². The van der Waals surface area contributed by atoms with Crippen LogP contribution in [0.25, 0.3) is 0 Å². The highest BCUT2D eigenvalue weighted by Gasteiger charge is 2.18. The topological polar surface area (TPSA) is 114 Å². The molecule has 0 saturated heterocycles. The quantitative estimate of drug-likeness (QED) is 0.630. The van der Waals surface area contributed by atoms with Crippen LogP contribution in [0.1, 0.15) is 28.4 Å². The van der Waals surface area contributed by atoms with E-state index in [0.717, 1.165) is 11.1 Å². The van der Waals surface area contributed by atoms with Gasteiger partial charge in [-0.05, 0) is 69.3 Å². The highest BCUT2D eigenvalue weighted by atomic mass is 32.2. The Morgan fingerprint density at radius 3 is 2.25 bits per heavy atom. The Hall–Kier alpha value is -2.91. The van der Waals surface area contributed by atoms with Crippen molar-refractivity contribution in [3.63, 3.8) is 0 Å². The van der Waals surface area contributed by atoms with Crippen LogP contribution in [-0.2, 0) is 14.8 Å². The van der Waals surface area contributed by atoms with Crippen molar-refractivity contribution in [2.45, 2.75) is 31.8 Å². The lowest BCUT2D eigenvalue weighted by Crippen LogP contribution is -2.47. The van der Waals surface area contributed by atoms with Crippen LogP contribution >= 0.6 is 0 Å². The molecular formula is C19H23N3O5S. The monoisotopic (exact) mass is 405 g/mol. The standard InChI is InChI=1S/C19H23N3O5S/c1-12-6-5-7-17(13(12)2)27-14(3)18(23)21-22-19(24)15-8-10-16(11-9-15)28(25,26)20-4/h5-11,14,20H,1-4H3,(H,21,23)(H,22,24). The molecule has 0 radical (unpaired) electrons. The van der Waals surface area contributed by atoms with Gasteiger partial charge in [0.25, 0.3) is 11.8 Å². The SMILES string of the molecule is CNS(=O)(=O)c1ccc(C(=O)NNC(=O)C(C)Oc2cccc(C)c2C)cc1. The van der Waals surface area contributed by atoms with Gasteiger partial charge in [-0.3, -0.25) is 20.4 Å². The van der Waals surface area contributed by atoms with E-state index in [1.54, 1.807) is 13.0 Å². The predicted molar refractivity (Wildman–Crippen MR) is 104 cm³/mol. The number of hydrazine groups is 1. The highest BCUT2D eigenvalue weighted by molar-refractivity contribution is 7.89. The zero-order chi connectivity index (χ0) is 20.9. The lowest BCUT2D eigenvalue weighted by Gasteiger charge is -2.17. The fraction of sp³-hybridized carbons (Fsp3) is 0.263. The molecule has 28 heavy (non-hydrogen) atoms. The number of aryl methyl sites for hydroxylation is 1. The first-order valence-corrected chi connectivity index (χ1v) is 10.0. The zero-order valence-electron chi connectivity index (χ0n) is 16.1. The molecule has 2 amide bonds. The number of hydrogen-bond acceptors (Lipinski definition) is 5. The summed E-state index contributed by atoms with van der Waals surface area (Å²) in [5, 5.41) is 0. The molecule has 0 bridgehead atoms. The molecule has 0 aliphatic heterocycles. The Labute approximate surface area is 164 Å². The largest absolute Gasteiger partial charge is 0.481 e. The van der Waals surface area contributed by atoms with Gasteiger partial charge < -0.3 is 4.74 Å². The lowest BCUT2D eigenvalue weighted by molar-refractivity contribution is -0.128. The third-order valence-electron chi connectivity index (χ3n) is 4.22. The summed E-state index contributed by atoms with van der Waals surface area (Å²) in [5.41, 5.74) is 6.75. The minimum absolute atomic E-state index is 0.0335. The van der Waals surface area contributed by atoms with Crippen LogP contribution in [0.2, 0.25) is 0 Å². The number of nitrogens with one attached hydrogen (secondary N) is 3. The van der Waals surface area contributed by atoms with Gasteiger partial charge in [0.15, 0.2) is 6.10 Å². The number of carbonyl (C=O) groups is 2.